The van der Waals surface area contributed by atoms with E-state index in [9.17, 15) is 4.79 Å². The number of anilines is 2. The highest BCUT2D eigenvalue weighted by molar-refractivity contribution is 14.1. The summed E-state index contributed by atoms with van der Waals surface area (Å²) in [5, 5.41) is 0. The van der Waals surface area contributed by atoms with Gasteiger partial charge in [-0.25, -0.2) is 0 Å². The van der Waals surface area contributed by atoms with Crippen molar-refractivity contribution in [1.82, 2.24) is 4.98 Å². The second kappa shape index (κ2) is 8.53. The van der Waals surface area contributed by atoms with E-state index in [1.165, 1.54) is 28.1 Å². The first-order valence-corrected chi connectivity index (χ1v) is 11.4. The van der Waals surface area contributed by atoms with Gasteiger partial charge in [-0.3, -0.25) is 9.78 Å². The van der Waals surface area contributed by atoms with Crippen LogP contribution in [-0.2, 0) is 28.5 Å². The molecular weight excluding hydrogens is 473 g/mol. The maximum absolute atomic E-state index is 11.2. The topological polar surface area (TPSA) is 59.2 Å². The zero-order chi connectivity index (χ0) is 20.4. The minimum absolute atomic E-state index is 0.270. The number of amides is 1. The second-order valence-corrected chi connectivity index (χ2v) is 8.27. The molecule has 0 bridgehead atoms. The quantitative estimate of drug-likeness (QED) is 0.387. The summed E-state index contributed by atoms with van der Waals surface area (Å²) in [4.78, 5) is 18.4. The van der Waals surface area contributed by atoms with Gasteiger partial charge in [0.05, 0.1) is 12.1 Å². The lowest BCUT2D eigenvalue weighted by Crippen LogP contribution is -2.15. The number of benzene rings is 2. The molecule has 0 fully saturated rings. The van der Waals surface area contributed by atoms with Gasteiger partial charge in [-0.2, -0.15) is 0 Å². The molecule has 0 saturated heterocycles. The largest absolute Gasteiger partial charge is 0.369 e. The molecule has 0 saturated carbocycles. The van der Waals surface area contributed by atoms with E-state index in [0.717, 1.165) is 40.6 Å². The highest BCUT2D eigenvalue weighted by atomic mass is 127. The first-order chi connectivity index (χ1) is 14.0. The van der Waals surface area contributed by atoms with Crippen LogP contribution in [0.2, 0.25) is 0 Å². The van der Waals surface area contributed by atoms with Gasteiger partial charge in [0.15, 0.2) is 0 Å². The fourth-order valence-corrected chi connectivity index (χ4v) is 4.43. The number of nitrogens with two attached hydrogens (primary N) is 1. The molecule has 1 amide bonds. The van der Waals surface area contributed by atoms with Gasteiger partial charge in [0, 0.05) is 34.1 Å². The predicted octanol–water partition coefficient (Wildman–Crippen LogP) is 4.97. The molecule has 2 aromatic carbocycles. The minimum atomic E-state index is -0.309. The number of hydrogen-bond donors (Lipinski definition) is 1. The van der Waals surface area contributed by atoms with Gasteiger partial charge >= 0.3 is 0 Å². The average molecular weight is 497 g/mol. The van der Waals surface area contributed by atoms with Crippen LogP contribution in [0.3, 0.4) is 0 Å². The standard InChI is InChI=1S/C24H24IN3O/c1-28(19-10-8-16(9-11-19)13-24(26)29)23-14-22(27-21-7-3-6-20(21)23)18-5-2-4-17(12-18)15-25/h2,4-5,8-12,14H,3,6-7,13,15H2,1H3,(H2,26,29). The molecule has 3 aromatic rings. The highest BCUT2D eigenvalue weighted by Crippen LogP contribution is 2.36. The highest BCUT2D eigenvalue weighted by Gasteiger charge is 2.21. The molecule has 1 aromatic heterocycles. The Kier molecular flexibility index (Phi) is 5.85. The van der Waals surface area contributed by atoms with E-state index in [4.69, 9.17) is 10.7 Å². The van der Waals surface area contributed by atoms with Crippen LogP contribution in [0.5, 0.6) is 0 Å². The van der Waals surface area contributed by atoms with Crippen molar-refractivity contribution in [3.05, 3.63) is 77.0 Å². The van der Waals surface area contributed by atoms with Crippen molar-refractivity contribution in [2.45, 2.75) is 30.1 Å². The monoisotopic (exact) mass is 497 g/mol. The van der Waals surface area contributed by atoms with Crippen molar-refractivity contribution in [3.8, 4) is 11.3 Å². The number of carbonyl (C=O) groups excluding carboxylic acids is 1. The number of alkyl halides is 1. The van der Waals surface area contributed by atoms with Gasteiger partial charge in [-0.05, 0) is 60.2 Å². The first-order valence-electron chi connectivity index (χ1n) is 9.84. The maximum Gasteiger partial charge on any atom is 0.221 e. The smallest absolute Gasteiger partial charge is 0.221 e. The van der Waals surface area contributed by atoms with Gasteiger partial charge in [0.2, 0.25) is 5.91 Å². The molecule has 0 spiro atoms. The summed E-state index contributed by atoms with van der Waals surface area (Å²) >= 11 is 2.40. The summed E-state index contributed by atoms with van der Waals surface area (Å²) < 4.78 is 0.987. The van der Waals surface area contributed by atoms with Gasteiger partial charge in [0.25, 0.3) is 0 Å². The molecule has 0 radical (unpaired) electrons. The molecule has 4 rings (SSSR count). The van der Waals surface area contributed by atoms with E-state index in [1.54, 1.807) is 0 Å². The SMILES string of the molecule is CN(c1ccc(CC(N)=O)cc1)c1cc(-c2cccc(CI)c2)nc2c1CCC2. The second-order valence-electron chi connectivity index (χ2n) is 7.51. The van der Waals surface area contributed by atoms with Gasteiger partial charge < -0.3 is 10.6 Å². The third-order valence-corrected chi connectivity index (χ3v) is 6.35. The van der Waals surface area contributed by atoms with E-state index in [1.807, 2.05) is 12.1 Å². The molecule has 4 nitrogen and oxygen atoms in total. The number of fused-ring (bicyclic) bond motifs is 1. The normalized spacial score (nSPS) is 12.6. The van der Waals surface area contributed by atoms with E-state index in [-0.39, 0.29) is 12.3 Å². The van der Waals surface area contributed by atoms with Crippen LogP contribution in [0.15, 0.2) is 54.6 Å². The number of aromatic nitrogens is 1. The molecule has 1 aliphatic carbocycles. The Hall–Kier alpha value is -2.41. The van der Waals surface area contributed by atoms with E-state index in [2.05, 4.69) is 77.0 Å². The minimum Gasteiger partial charge on any atom is -0.369 e. The molecule has 148 valence electrons. The lowest BCUT2D eigenvalue weighted by atomic mass is 10.0. The summed E-state index contributed by atoms with van der Waals surface area (Å²) in [7, 11) is 2.10. The molecule has 1 aliphatic rings. The van der Waals surface area contributed by atoms with Crippen molar-refractivity contribution < 1.29 is 4.79 Å². The van der Waals surface area contributed by atoms with Crippen molar-refractivity contribution in [3.63, 3.8) is 0 Å². The first kappa shape index (κ1) is 19.9. The van der Waals surface area contributed by atoms with E-state index < -0.39 is 0 Å². The molecule has 0 unspecified atom stereocenters. The fourth-order valence-electron chi connectivity index (χ4n) is 3.96. The van der Waals surface area contributed by atoms with Crippen LogP contribution in [0.4, 0.5) is 11.4 Å². The summed E-state index contributed by atoms with van der Waals surface area (Å²) in [5.41, 5.74) is 14.6. The lowest BCUT2D eigenvalue weighted by molar-refractivity contribution is -0.117. The Morgan fingerprint density at radius 2 is 1.90 bits per heavy atom. The number of carbonyl (C=O) groups is 1. The summed E-state index contributed by atoms with van der Waals surface area (Å²) in [5.74, 6) is -0.309. The number of nitrogens with zero attached hydrogens (tertiary/aromatic N) is 2. The Labute approximate surface area is 185 Å². The third-order valence-electron chi connectivity index (χ3n) is 5.47. The third kappa shape index (κ3) is 4.29. The summed E-state index contributed by atoms with van der Waals surface area (Å²) in [6.07, 6.45) is 3.52. The van der Waals surface area contributed by atoms with Crippen molar-refractivity contribution in [1.29, 1.82) is 0 Å². The fraction of sp³-hybridized carbons (Fsp3) is 0.250. The van der Waals surface area contributed by atoms with E-state index >= 15 is 0 Å². The predicted molar refractivity (Wildman–Crippen MR) is 127 cm³/mol. The van der Waals surface area contributed by atoms with E-state index in [0.29, 0.717) is 0 Å². The van der Waals surface area contributed by atoms with Gasteiger partial charge in [-0.15, -0.1) is 0 Å². The Morgan fingerprint density at radius 1 is 1.10 bits per heavy atom. The van der Waals surface area contributed by atoms with Crippen LogP contribution in [0.1, 0.15) is 28.8 Å². The Balaban J connectivity index is 1.72. The Bertz CT molecular complexity index is 1050. The summed E-state index contributed by atoms with van der Waals surface area (Å²) in [6, 6.07) is 18.9. The zero-order valence-electron chi connectivity index (χ0n) is 16.5. The molecule has 2 N–H and O–H groups in total. The average Bonchev–Trinajstić information content (AvgIpc) is 3.21. The van der Waals surface area contributed by atoms with Crippen LogP contribution < -0.4 is 10.6 Å². The van der Waals surface area contributed by atoms with Crippen molar-refractivity contribution in [2.24, 2.45) is 5.73 Å². The zero-order valence-corrected chi connectivity index (χ0v) is 18.6. The number of primary amides is 1. The van der Waals surface area contributed by atoms with Crippen molar-refractivity contribution >= 4 is 39.9 Å². The van der Waals surface area contributed by atoms with Crippen LogP contribution >= 0.6 is 22.6 Å². The maximum atomic E-state index is 11.2. The van der Waals surface area contributed by atoms with Crippen LogP contribution in [0, 0.1) is 0 Å². The molecule has 0 aliphatic heterocycles. The molecule has 29 heavy (non-hydrogen) atoms. The number of rotatable bonds is 6. The number of aryl methyl sites for hydroxylation is 1. The van der Waals surface area contributed by atoms with Gasteiger partial charge in [-0.1, -0.05) is 52.9 Å². The van der Waals surface area contributed by atoms with Crippen LogP contribution in [-0.4, -0.2) is 17.9 Å². The van der Waals surface area contributed by atoms with Gasteiger partial charge in [0.1, 0.15) is 0 Å². The number of pyridine rings is 1. The number of hydrogen-bond acceptors (Lipinski definition) is 3. The molecule has 1 heterocycles. The lowest BCUT2D eigenvalue weighted by Gasteiger charge is -2.24. The molecule has 0 atom stereocenters. The summed E-state index contributed by atoms with van der Waals surface area (Å²) in [6.45, 7) is 0. The molecule has 5 heteroatoms. The molecular formula is C24H24IN3O. The van der Waals surface area contributed by atoms with Crippen LogP contribution in [0.25, 0.3) is 11.3 Å². The number of halogens is 1. The van der Waals surface area contributed by atoms with Crippen molar-refractivity contribution in [2.75, 3.05) is 11.9 Å². The Morgan fingerprint density at radius 3 is 2.62 bits per heavy atom.